The molecule has 0 saturated heterocycles. The van der Waals surface area contributed by atoms with Crippen LogP contribution >= 0.6 is 0 Å². The number of allylic oxidation sites excluding steroid dienone is 2. The maximum atomic E-state index is 10.8. The highest BCUT2D eigenvalue weighted by Gasteiger charge is 2.02. The molecule has 1 N–H and O–H groups in total. The average Bonchev–Trinajstić information content (AvgIpc) is 2.28. The molecule has 1 aliphatic rings. The van der Waals surface area contributed by atoms with Crippen LogP contribution in [-0.4, -0.2) is 9.97 Å². The first kappa shape index (κ1) is 6.84. The first-order chi connectivity index (χ1) is 5.86. The number of nitrogens with one attached hydrogen (secondary N) is 1. The molecule has 4 nitrogen and oxygen atoms in total. The molecule has 2 rings (SSSR count). The van der Waals surface area contributed by atoms with Crippen LogP contribution in [0.4, 0.5) is 0 Å². The van der Waals surface area contributed by atoms with E-state index in [9.17, 15) is 4.79 Å². The Labute approximate surface area is 68.2 Å². The standard InChI is InChI=1S/C8H6N2O2/c11-8-9-5-7-6(10-8)3-1-2-4-12-7/h1-5H,(H,9,10,11). The van der Waals surface area contributed by atoms with Crippen LogP contribution in [-0.2, 0) is 0 Å². The van der Waals surface area contributed by atoms with E-state index in [2.05, 4.69) is 9.97 Å². The number of hydrogen-bond acceptors (Lipinski definition) is 3. The van der Waals surface area contributed by atoms with Crippen molar-refractivity contribution in [3.05, 3.63) is 40.8 Å². The van der Waals surface area contributed by atoms with Gasteiger partial charge in [0.05, 0.1) is 18.2 Å². The Morgan fingerprint density at radius 1 is 1.42 bits per heavy atom. The number of rotatable bonds is 0. The molecule has 1 aromatic heterocycles. The molecule has 0 atom stereocenters. The van der Waals surface area contributed by atoms with E-state index >= 15 is 0 Å². The smallest absolute Gasteiger partial charge is 0.345 e. The van der Waals surface area contributed by atoms with Crippen LogP contribution in [0.3, 0.4) is 0 Å². The molecule has 4 heteroatoms. The average molecular weight is 162 g/mol. The summed E-state index contributed by atoms with van der Waals surface area (Å²) >= 11 is 0. The molecule has 1 aliphatic heterocycles. The van der Waals surface area contributed by atoms with Crippen molar-refractivity contribution in [3.63, 3.8) is 0 Å². The predicted octanol–water partition coefficient (Wildman–Crippen LogP) is 0.689. The molecular formula is C8H6N2O2. The molecule has 2 heterocycles. The lowest BCUT2D eigenvalue weighted by molar-refractivity contribution is 0.475. The van der Waals surface area contributed by atoms with Gasteiger partial charge in [-0.1, -0.05) is 6.08 Å². The van der Waals surface area contributed by atoms with Crippen molar-refractivity contribution < 1.29 is 4.74 Å². The molecular weight excluding hydrogens is 156 g/mol. The fourth-order valence-electron chi connectivity index (χ4n) is 0.923. The lowest BCUT2D eigenvalue weighted by Crippen LogP contribution is -2.10. The number of aromatic amines is 1. The third-order valence-electron chi connectivity index (χ3n) is 1.45. The minimum atomic E-state index is -0.371. The van der Waals surface area contributed by atoms with Gasteiger partial charge in [-0.2, -0.15) is 4.98 Å². The first-order valence-electron chi connectivity index (χ1n) is 3.45. The molecule has 0 amide bonds. The highest BCUT2D eigenvalue weighted by molar-refractivity contribution is 5.54. The fraction of sp³-hybridized carbons (Fsp3) is 0. The van der Waals surface area contributed by atoms with Gasteiger partial charge in [0.25, 0.3) is 0 Å². The van der Waals surface area contributed by atoms with Crippen LogP contribution in [0.1, 0.15) is 5.69 Å². The zero-order chi connectivity index (χ0) is 8.39. The van der Waals surface area contributed by atoms with Gasteiger partial charge in [-0.05, 0) is 12.2 Å². The summed E-state index contributed by atoms with van der Waals surface area (Å²) in [5, 5.41) is 0. The fourth-order valence-corrected chi connectivity index (χ4v) is 0.923. The summed E-state index contributed by atoms with van der Waals surface area (Å²) in [4.78, 5) is 16.9. The molecule has 12 heavy (non-hydrogen) atoms. The largest absolute Gasteiger partial charge is 0.461 e. The van der Waals surface area contributed by atoms with E-state index in [-0.39, 0.29) is 5.69 Å². The maximum Gasteiger partial charge on any atom is 0.345 e. The van der Waals surface area contributed by atoms with Crippen LogP contribution in [0, 0.1) is 0 Å². The lowest BCUT2D eigenvalue weighted by atomic mass is 10.3. The summed E-state index contributed by atoms with van der Waals surface area (Å²) < 4.78 is 5.13. The van der Waals surface area contributed by atoms with E-state index in [4.69, 9.17) is 4.74 Å². The molecule has 0 spiro atoms. The highest BCUT2D eigenvalue weighted by atomic mass is 16.5. The Balaban J connectivity index is 2.60. The van der Waals surface area contributed by atoms with E-state index in [0.717, 1.165) is 0 Å². The SMILES string of the molecule is O=c1ncc2c([nH]1)C=CC=CO2. The second kappa shape index (κ2) is 2.65. The number of fused-ring (bicyclic) bond motifs is 1. The highest BCUT2D eigenvalue weighted by Crippen LogP contribution is 2.16. The van der Waals surface area contributed by atoms with Crippen molar-refractivity contribution in [2.45, 2.75) is 0 Å². The Morgan fingerprint density at radius 2 is 2.33 bits per heavy atom. The number of aromatic nitrogens is 2. The second-order valence-electron chi connectivity index (χ2n) is 2.27. The Kier molecular flexibility index (Phi) is 1.51. The minimum absolute atomic E-state index is 0.371. The van der Waals surface area contributed by atoms with Gasteiger partial charge in [-0.3, -0.25) is 0 Å². The van der Waals surface area contributed by atoms with E-state index in [1.54, 1.807) is 18.2 Å². The lowest BCUT2D eigenvalue weighted by Gasteiger charge is -2.00. The summed E-state index contributed by atoms with van der Waals surface area (Å²) in [6.07, 6.45) is 8.19. The summed E-state index contributed by atoms with van der Waals surface area (Å²) in [5.74, 6) is 0.555. The molecule has 0 bridgehead atoms. The number of H-pyrrole nitrogens is 1. The van der Waals surface area contributed by atoms with E-state index < -0.39 is 0 Å². The Morgan fingerprint density at radius 3 is 3.25 bits per heavy atom. The van der Waals surface area contributed by atoms with Gasteiger partial charge in [0.15, 0.2) is 5.75 Å². The van der Waals surface area contributed by atoms with Crippen molar-refractivity contribution in [2.24, 2.45) is 0 Å². The van der Waals surface area contributed by atoms with Gasteiger partial charge in [-0.15, -0.1) is 0 Å². The van der Waals surface area contributed by atoms with E-state index in [1.165, 1.54) is 12.5 Å². The van der Waals surface area contributed by atoms with Crippen molar-refractivity contribution in [3.8, 4) is 5.75 Å². The second-order valence-corrected chi connectivity index (χ2v) is 2.27. The first-order valence-corrected chi connectivity index (χ1v) is 3.45. The van der Waals surface area contributed by atoms with Crippen molar-refractivity contribution in [1.82, 2.24) is 9.97 Å². The maximum absolute atomic E-state index is 10.8. The third-order valence-corrected chi connectivity index (χ3v) is 1.45. The van der Waals surface area contributed by atoms with Gasteiger partial charge in [0.2, 0.25) is 0 Å². The van der Waals surface area contributed by atoms with Crippen molar-refractivity contribution >= 4 is 6.08 Å². The Bertz CT molecular complexity index is 404. The summed E-state index contributed by atoms with van der Waals surface area (Å²) in [5.41, 5.74) is 0.268. The molecule has 0 fully saturated rings. The van der Waals surface area contributed by atoms with Crippen LogP contribution in [0.2, 0.25) is 0 Å². The summed E-state index contributed by atoms with van der Waals surface area (Å²) in [6.45, 7) is 0. The molecule has 0 radical (unpaired) electrons. The molecule has 0 aliphatic carbocycles. The van der Waals surface area contributed by atoms with Crippen LogP contribution in [0.15, 0.2) is 29.4 Å². The number of hydrogen-bond donors (Lipinski definition) is 1. The van der Waals surface area contributed by atoms with Crippen molar-refractivity contribution in [2.75, 3.05) is 0 Å². The van der Waals surface area contributed by atoms with E-state index in [0.29, 0.717) is 11.4 Å². The zero-order valence-electron chi connectivity index (χ0n) is 6.15. The molecule has 0 unspecified atom stereocenters. The van der Waals surface area contributed by atoms with Crippen molar-refractivity contribution in [1.29, 1.82) is 0 Å². The minimum Gasteiger partial charge on any atom is -0.461 e. The summed E-state index contributed by atoms with van der Waals surface area (Å²) in [7, 11) is 0. The van der Waals surface area contributed by atoms with Gasteiger partial charge in [0, 0.05) is 0 Å². The topological polar surface area (TPSA) is 55.0 Å². The zero-order valence-corrected chi connectivity index (χ0v) is 6.15. The third kappa shape index (κ3) is 1.14. The predicted molar refractivity (Wildman–Crippen MR) is 43.7 cm³/mol. The monoisotopic (exact) mass is 162 g/mol. The van der Waals surface area contributed by atoms with Crippen LogP contribution in [0.25, 0.3) is 6.08 Å². The van der Waals surface area contributed by atoms with Crippen LogP contribution < -0.4 is 10.4 Å². The van der Waals surface area contributed by atoms with Gasteiger partial charge >= 0.3 is 5.69 Å². The number of nitrogens with zero attached hydrogens (tertiary/aromatic N) is 1. The molecule has 60 valence electrons. The number of ether oxygens (including phenoxy) is 1. The van der Waals surface area contributed by atoms with Crippen LogP contribution in [0.5, 0.6) is 5.75 Å². The van der Waals surface area contributed by atoms with Gasteiger partial charge in [0.1, 0.15) is 0 Å². The molecule has 1 aromatic rings. The van der Waals surface area contributed by atoms with Gasteiger partial charge in [-0.25, -0.2) is 4.79 Å². The molecule has 0 aromatic carbocycles. The van der Waals surface area contributed by atoms with E-state index in [1.807, 2.05) is 0 Å². The molecule has 0 saturated carbocycles. The van der Waals surface area contributed by atoms with Gasteiger partial charge < -0.3 is 9.72 Å². The Hall–Kier alpha value is -1.84. The summed E-state index contributed by atoms with van der Waals surface area (Å²) in [6, 6.07) is 0. The normalized spacial score (nSPS) is 13.3. The quantitative estimate of drug-likeness (QED) is 0.610.